The Balaban J connectivity index is 2.11. The summed E-state index contributed by atoms with van der Waals surface area (Å²) in [5.41, 5.74) is 2.69. The molecule has 1 N–H and O–H groups in total. The Hall–Kier alpha value is -0.700. The molecular weight excluding hydrogens is 192 g/mol. The zero-order valence-corrected chi connectivity index (χ0v) is 8.99. The third kappa shape index (κ3) is 1.40. The van der Waals surface area contributed by atoms with E-state index in [1.807, 2.05) is 0 Å². The average molecular weight is 206 g/mol. The van der Waals surface area contributed by atoms with Crippen LogP contribution in [0.3, 0.4) is 0 Å². The highest BCUT2D eigenvalue weighted by Crippen LogP contribution is 2.38. The van der Waals surface area contributed by atoms with Crippen molar-refractivity contribution in [2.45, 2.75) is 44.4 Å². The van der Waals surface area contributed by atoms with Crippen LogP contribution in [-0.4, -0.2) is 9.97 Å². The minimum absolute atomic E-state index is 0.684. The number of nitrogens with one attached hydrogen (secondary N) is 1. The van der Waals surface area contributed by atoms with Gasteiger partial charge in [-0.2, -0.15) is 0 Å². The number of aromatic amines is 1. The maximum absolute atomic E-state index is 5.34. The van der Waals surface area contributed by atoms with E-state index in [-0.39, 0.29) is 0 Å². The molecule has 0 aliphatic heterocycles. The Morgan fingerprint density at radius 3 is 2.79 bits per heavy atom. The molecular formula is C11H14N2S. The van der Waals surface area contributed by atoms with Gasteiger partial charge >= 0.3 is 0 Å². The number of rotatable bonds is 1. The first-order chi connectivity index (χ1) is 6.84. The van der Waals surface area contributed by atoms with Crippen molar-refractivity contribution >= 4 is 12.2 Å². The predicted molar refractivity (Wildman–Crippen MR) is 58.0 cm³/mol. The molecule has 0 spiro atoms. The summed E-state index contributed by atoms with van der Waals surface area (Å²) >= 11 is 5.34. The number of H-pyrrole nitrogens is 1. The SMILES string of the molecule is S=c1nc(C2CC2)[nH]c2c1CCCC2. The van der Waals surface area contributed by atoms with Gasteiger partial charge in [-0.05, 0) is 38.5 Å². The molecule has 1 fully saturated rings. The zero-order valence-electron chi connectivity index (χ0n) is 8.18. The van der Waals surface area contributed by atoms with Crippen molar-refractivity contribution in [3.8, 4) is 0 Å². The van der Waals surface area contributed by atoms with Crippen LogP contribution in [-0.2, 0) is 12.8 Å². The molecule has 2 nitrogen and oxygen atoms in total. The van der Waals surface area contributed by atoms with Crippen LogP contribution in [0.25, 0.3) is 0 Å². The van der Waals surface area contributed by atoms with Crippen molar-refractivity contribution in [1.82, 2.24) is 9.97 Å². The highest BCUT2D eigenvalue weighted by molar-refractivity contribution is 7.71. The number of nitrogens with zero attached hydrogens (tertiary/aromatic N) is 1. The maximum atomic E-state index is 5.34. The van der Waals surface area contributed by atoms with E-state index in [0.717, 1.165) is 16.9 Å². The summed E-state index contributed by atoms with van der Waals surface area (Å²) in [5, 5.41) is 0. The van der Waals surface area contributed by atoms with Gasteiger partial charge < -0.3 is 4.98 Å². The van der Waals surface area contributed by atoms with Gasteiger partial charge in [0.2, 0.25) is 0 Å². The molecule has 0 bridgehead atoms. The van der Waals surface area contributed by atoms with Crippen molar-refractivity contribution < 1.29 is 0 Å². The Morgan fingerprint density at radius 2 is 2.00 bits per heavy atom. The highest BCUT2D eigenvalue weighted by atomic mass is 32.1. The minimum Gasteiger partial charge on any atom is -0.347 e. The fourth-order valence-corrected chi connectivity index (χ4v) is 2.51. The van der Waals surface area contributed by atoms with Crippen LogP contribution >= 0.6 is 12.2 Å². The van der Waals surface area contributed by atoms with Crippen LogP contribution in [0.1, 0.15) is 48.7 Å². The summed E-state index contributed by atoms with van der Waals surface area (Å²) < 4.78 is 0.861. The maximum Gasteiger partial charge on any atom is 0.133 e. The van der Waals surface area contributed by atoms with Crippen LogP contribution in [0.5, 0.6) is 0 Å². The Kier molecular flexibility index (Phi) is 1.94. The van der Waals surface area contributed by atoms with Crippen LogP contribution < -0.4 is 0 Å². The van der Waals surface area contributed by atoms with Gasteiger partial charge in [-0.15, -0.1) is 0 Å². The number of aryl methyl sites for hydroxylation is 1. The van der Waals surface area contributed by atoms with Gasteiger partial charge in [0.15, 0.2) is 0 Å². The second-order valence-electron chi connectivity index (χ2n) is 4.37. The van der Waals surface area contributed by atoms with E-state index in [1.54, 1.807) is 0 Å². The van der Waals surface area contributed by atoms with Gasteiger partial charge in [0.25, 0.3) is 0 Å². The lowest BCUT2D eigenvalue weighted by Crippen LogP contribution is -2.09. The van der Waals surface area contributed by atoms with Gasteiger partial charge in [-0.25, -0.2) is 4.98 Å². The summed E-state index contributed by atoms with van der Waals surface area (Å²) in [7, 11) is 0. The molecule has 3 rings (SSSR count). The third-order valence-electron chi connectivity index (χ3n) is 3.19. The fraction of sp³-hybridized carbons (Fsp3) is 0.636. The molecule has 1 saturated carbocycles. The zero-order chi connectivity index (χ0) is 9.54. The third-order valence-corrected chi connectivity index (χ3v) is 3.53. The molecule has 1 heterocycles. The molecule has 0 atom stereocenters. The van der Waals surface area contributed by atoms with Crippen molar-refractivity contribution in [3.05, 3.63) is 21.7 Å². The molecule has 1 aromatic rings. The van der Waals surface area contributed by atoms with Gasteiger partial charge in [0.05, 0.1) is 0 Å². The standard InChI is InChI=1S/C11H14N2S/c14-11-8-3-1-2-4-9(8)12-10(13-11)7-5-6-7/h7H,1-6H2,(H,12,13,14). The molecule has 1 aromatic heterocycles. The molecule has 0 unspecified atom stereocenters. The van der Waals surface area contributed by atoms with Crippen molar-refractivity contribution in [1.29, 1.82) is 0 Å². The van der Waals surface area contributed by atoms with Gasteiger partial charge in [-0.1, -0.05) is 12.2 Å². The Labute approximate surface area is 88.8 Å². The molecule has 0 amide bonds. The van der Waals surface area contributed by atoms with Crippen LogP contribution in [0.2, 0.25) is 0 Å². The van der Waals surface area contributed by atoms with Crippen molar-refractivity contribution in [2.24, 2.45) is 0 Å². The molecule has 3 heteroatoms. The Morgan fingerprint density at radius 1 is 1.21 bits per heavy atom. The smallest absolute Gasteiger partial charge is 0.133 e. The molecule has 14 heavy (non-hydrogen) atoms. The summed E-state index contributed by atoms with van der Waals surface area (Å²) in [4.78, 5) is 8.00. The molecule has 2 aliphatic rings. The molecule has 2 aliphatic carbocycles. The van der Waals surface area contributed by atoms with E-state index in [4.69, 9.17) is 12.2 Å². The molecule has 0 radical (unpaired) electrons. The summed E-state index contributed by atoms with van der Waals surface area (Å²) in [6, 6.07) is 0. The summed E-state index contributed by atoms with van der Waals surface area (Å²) in [5.74, 6) is 1.83. The number of aromatic nitrogens is 2. The number of hydrogen-bond acceptors (Lipinski definition) is 2. The van der Waals surface area contributed by atoms with Crippen LogP contribution in [0.15, 0.2) is 0 Å². The molecule has 74 valence electrons. The van der Waals surface area contributed by atoms with E-state index in [2.05, 4.69) is 9.97 Å². The van der Waals surface area contributed by atoms with Crippen LogP contribution in [0.4, 0.5) is 0 Å². The lowest BCUT2D eigenvalue weighted by molar-refractivity contribution is 0.651. The number of hydrogen-bond donors (Lipinski definition) is 1. The topological polar surface area (TPSA) is 28.7 Å². The lowest BCUT2D eigenvalue weighted by Gasteiger charge is -2.16. The van der Waals surface area contributed by atoms with E-state index in [9.17, 15) is 0 Å². The summed E-state index contributed by atoms with van der Waals surface area (Å²) in [6.45, 7) is 0. The van der Waals surface area contributed by atoms with E-state index < -0.39 is 0 Å². The predicted octanol–water partition coefficient (Wildman–Crippen LogP) is 2.90. The average Bonchev–Trinajstić information content (AvgIpc) is 3.01. The molecule has 0 aromatic carbocycles. The van der Waals surface area contributed by atoms with E-state index in [1.165, 1.54) is 43.4 Å². The van der Waals surface area contributed by atoms with Crippen molar-refractivity contribution in [2.75, 3.05) is 0 Å². The van der Waals surface area contributed by atoms with Gasteiger partial charge in [0.1, 0.15) is 10.5 Å². The largest absolute Gasteiger partial charge is 0.347 e. The first kappa shape index (κ1) is 8.60. The number of fused-ring (bicyclic) bond motifs is 1. The van der Waals surface area contributed by atoms with Gasteiger partial charge in [0, 0.05) is 17.2 Å². The normalized spacial score (nSPS) is 20.6. The van der Waals surface area contributed by atoms with E-state index >= 15 is 0 Å². The highest BCUT2D eigenvalue weighted by Gasteiger charge is 2.27. The monoisotopic (exact) mass is 206 g/mol. The van der Waals surface area contributed by atoms with Crippen molar-refractivity contribution in [3.63, 3.8) is 0 Å². The lowest BCUT2D eigenvalue weighted by atomic mass is 9.97. The second-order valence-corrected chi connectivity index (χ2v) is 4.75. The minimum atomic E-state index is 0.684. The van der Waals surface area contributed by atoms with E-state index in [0.29, 0.717) is 5.92 Å². The first-order valence-corrected chi connectivity index (χ1v) is 5.87. The fourth-order valence-electron chi connectivity index (χ4n) is 2.19. The second kappa shape index (κ2) is 3.16. The first-order valence-electron chi connectivity index (χ1n) is 5.46. The van der Waals surface area contributed by atoms with Crippen LogP contribution in [0, 0.1) is 4.64 Å². The quantitative estimate of drug-likeness (QED) is 0.716. The summed E-state index contributed by atoms with van der Waals surface area (Å²) in [6.07, 6.45) is 7.44. The van der Waals surface area contributed by atoms with Gasteiger partial charge in [-0.3, -0.25) is 0 Å². The Bertz CT molecular complexity index is 418. The molecule has 0 saturated heterocycles.